The Balaban J connectivity index is 1.86. The van der Waals surface area contributed by atoms with Gasteiger partial charge in [-0.15, -0.1) is 0 Å². The first kappa shape index (κ1) is 14.7. The van der Waals surface area contributed by atoms with Crippen LogP contribution in [0.4, 0.5) is 0 Å². The first-order valence-corrected chi connectivity index (χ1v) is 8.45. The number of aromatic nitrogens is 4. The molecule has 2 heterocycles. The van der Waals surface area contributed by atoms with E-state index < -0.39 is 0 Å². The molecule has 0 aliphatic rings. The topological polar surface area (TPSA) is 55.9 Å². The molecule has 2 aromatic heterocycles. The van der Waals surface area contributed by atoms with E-state index in [1.165, 1.54) is 0 Å². The molecule has 5 rings (SSSR count). The zero-order chi connectivity index (χ0) is 17.5. The van der Waals surface area contributed by atoms with Gasteiger partial charge in [0, 0.05) is 28.6 Å². The number of hydrogen-bond donors (Lipinski definition) is 1. The van der Waals surface area contributed by atoms with Gasteiger partial charge in [-0.3, -0.25) is 0 Å². The minimum absolute atomic E-state index is 0.271. The zero-order valence-corrected chi connectivity index (χ0v) is 13.9. The Kier molecular flexibility index (Phi) is 3.25. The molecular weight excluding hydrogens is 324 g/mol. The van der Waals surface area contributed by atoms with Crippen molar-refractivity contribution in [3.63, 3.8) is 0 Å². The maximum Gasteiger partial charge on any atom is 0.124 e. The Hall–Kier alpha value is -3.60. The largest absolute Gasteiger partial charge is 0.507 e. The van der Waals surface area contributed by atoms with Crippen LogP contribution in [0.1, 0.15) is 5.69 Å². The third-order valence-corrected chi connectivity index (χ3v) is 4.63. The maximum atomic E-state index is 10.5. The molecule has 0 saturated carbocycles. The van der Waals surface area contributed by atoms with E-state index in [4.69, 9.17) is 5.10 Å². The number of fused-ring (bicyclic) bond motifs is 3. The normalized spacial score (nSPS) is 11.4. The lowest BCUT2D eigenvalue weighted by Crippen LogP contribution is -2.00. The summed E-state index contributed by atoms with van der Waals surface area (Å²) >= 11 is 0. The SMILES string of the molecule is Oc1cc2c(Cn3ccnc3)nn(-c3ccccc3)c2c2ccccc12. The molecule has 0 amide bonds. The molecule has 0 unspecified atom stereocenters. The summed E-state index contributed by atoms with van der Waals surface area (Å²) in [7, 11) is 0. The van der Waals surface area contributed by atoms with E-state index in [2.05, 4.69) is 4.98 Å². The molecular formula is C21H16N4O. The average molecular weight is 340 g/mol. The fourth-order valence-electron chi connectivity index (χ4n) is 3.44. The van der Waals surface area contributed by atoms with E-state index in [-0.39, 0.29) is 5.75 Å². The summed E-state index contributed by atoms with van der Waals surface area (Å²) in [6.45, 7) is 0.591. The lowest BCUT2D eigenvalue weighted by molar-refractivity contribution is 0.482. The number of rotatable bonds is 3. The molecule has 0 aliphatic carbocycles. The molecule has 0 saturated heterocycles. The van der Waals surface area contributed by atoms with Crippen LogP contribution in [0.5, 0.6) is 5.75 Å². The fourth-order valence-corrected chi connectivity index (χ4v) is 3.44. The quantitative estimate of drug-likeness (QED) is 0.537. The van der Waals surface area contributed by atoms with Crippen molar-refractivity contribution in [2.45, 2.75) is 6.54 Å². The third kappa shape index (κ3) is 2.25. The second-order valence-electron chi connectivity index (χ2n) is 6.27. The number of phenolic OH excluding ortho intramolecular Hbond substituents is 1. The van der Waals surface area contributed by atoms with Crippen LogP contribution in [-0.4, -0.2) is 24.4 Å². The standard InChI is InChI=1S/C21H16N4O/c26-20-12-18-19(13-24-11-10-22-14-24)23-25(15-6-2-1-3-7-15)21(18)17-9-5-4-8-16(17)20/h1-12,14,26H,13H2. The van der Waals surface area contributed by atoms with Crippen molar-refractivity contribution in [1.82, 2.24) is 19.3 Å². The van der Waals surface area contributed by atoms with Gasteiger partial charge < -0.3 is 9.67 Å². The van der Waals surface area contributed by atoms with Crippen molar-refractivity contribution >= 4 is 21.7 Å². The van der Waals surface area contributed by atoms with E-state index in [1.54, 1.807) is 12.5 Å². The van der Waals surface area contributed by atoms with Gasteiger partial charge in [0.25, 0.3) is 0 Å². The first-order chi connectivity index (χ1) is 12.8. The molecule has 126 valence electrons. The number of imidazole rings is 1. The monoisotopic (exact) mass is 340 g/mol. The van der Waals surface area contributed by atoms with E-state index in [0.29, 0.717) is 6.54 Å². The van der Waals surface area contributed by atoms with E-state index in [0.717, 1.165) is 33.1 Å². The molecule has 0 spiro atoms. The van der Waals surface area contributed by atoms with Crippen molar-refractivity contribution in [2.24, 2.45) is 0 Å². The van der Waals surface area contributed by atoms with Crippen LogP contribution >= 0.6 is 0 Å². The van der Waals surface area contributed by atoms with Gasteiger partial charge >= 0.3 is 0 Å². The van der Waals surface area contributed by atoms with E-state index >= 15 is 0 Å². The molecule has 0 atom stereocenters. The number of phenols is 1. The Labute approximate surface area is 149 Å². The Morgan fingerprint density at radius 3 is 2.42 bits per heavy atom. The number of hydrogen-bond acceptors (Lipinski definition) is 3. The molecule has 0 radical (unpaired) electrons. The van der Waals surface area contributed by atoms with Crippen LogP contribution in [-0.2, 0) is 6.54 Å². The molecule has 26 heavy (non-hydrogen) atoms. The highest BCUT2D eigenvalue weighted by Crippen LogP contribution is 2.35. The molecule has 1 N–H and O–H groups in total. The summed E-state index contributed by atoms with van der Waals surface area (Å²) < 4.78 is 3.94. The fraction of sp³-hybridized carbons (Fsp3) is 0.0476. The smallest absolute Gasteiger partial charge is 0.124 e. The highest BCUT2D eigenvalue weighted by atomic mass is 16.3. The summed E-state index contributed by atoms with van der Waals surface area (Å²) in [6.07, 6.45) is 5.44. The van der Waals surface area contributed by atoms with Crippen molar-refractivity contribution in [1.29, 1.82) is 0 Å². The second-order valence-corrected chi connectivity index (χ2v) is 6.27. The van der Waals surface area contributed by atoms with Crippen molar-refractivity contribution in [3.05, 3.63) is 85.1 Å². The number of aromatic hydroxyl groups is 1. The van der Waals surface area contributed by atoms with Gasteiger partial charge in [-0.05, 0) is 18.2 Å². The van der Waals surface area contributed by atoms with Gasteiger partial charge in [-0.2, -0.15) is 5.10 Å². The number of para-hydroxylation sites is 1. The second kappa shape index (κ2) is 5.74. The highest BCUT2D eigenvalue weighted by Gasteiger charge is 2.17. The zero-order valence-electron chi connectivity index (χ0n) is 13.9. The van der Waals surface area contributed by atoms with Gasteiger partial charge in [-0.1, -0.05) is 42.5 Å². The third-order valence-electron chi connectivity index (χ3n) is 4.63. The van der Waals surface area contributed by atoms with Crippen LogP contribution in [0.15, 0.2) is 79.4 Å². The first-order valence-electron chi connectivity index (χ1n) is 8.45. The van der Waals surface area contributed by atoms with Crippen LogP contribution < -0.4 is 0 Å². The molecule has 5 heteroatoms. The van der Waals surface area contributed by atoms with Crippen molar-refractivity contribution in [2.75, 3.05) is 0 Å². The van der Waals surface area contributed by atoms with Crippen molar-refractivity contribution < 1.29 is 5.11 Å². The Morgan fingerprint density at radius 2 is 1.65 bits per heavy atom. The van der Waals surface area contributed by atoms with Gasteiger partial charge in [0.05, 0.1) is 29.8 Å². The Morgan fingerprint density at radius 1 is 0.885 bits per heavy atom. The summed E-state index contributed by atoms with van der Waals surface area (Å²) in [5, 5.41) is 18.2. The summed E-state index contributed by atoms with van der Waals surface area (Å²) in [4.78, 5) is 4.11. The van der Waals surface area contributed by atoms with Gasteiger partial charge in [0.15, 0.2) is 0 Å². The van der Waals surface area contributed by atoms with Gasteiger partial charge in [0.1, 0.15) is 5.75 Å². The Bertz CT molecular complexity index is 1210. The molecule has 0 aliphatic heterocycles. The van der Waals surface area contributed by atoms with Gasteiger partial charge in [-0.25, -0.2) is 9.67 Å². The predicted octanol–water partition coefficient (Wildman–Crippen LogP) is 4.13. The molecule has 5 aromatic rings. The van der Waals surface area contributed by atoms with E-state index in [1.807, 2.05) is 76.1 Å². The van der Waals surface area contributed by atoms with E-state index in [9.17, 15) is 5.11 Å². The summed E-state index contributed by atoms with van der Waals surface area (Å²) in [5.41, 5.74) is 2.88. The average Bonchev–Trinajstić information content (AvgIpc) is 3.32. The van der Waals surface area contributed by atoms with Crippen LogP contribution in [0.25, 0.3) is 27.4 Å². The lowest BCUT2D eigenvalue weighted by Gasteiger charge is -2.07. The number of nitrogens with zero attached hydrogens (tertiary/aromatic N) is 4. The van der Waals surface area contributed by atoms with Crippen LogP contribution in [0.2, 0.25) is 0 Å². The van der Waals surface area contributed by atoms with Crippen LogP contribution in [0.3, 0.4) is 0 Å². The van der Waals surface area contributed by atoms with Crippen molar-refractivity contribution in [3.8, 4) is 11.4 Å². The number of benzene rings is 3. The maximum absolute atomic E-state index is 10.5. The molecule has 0 fully saturated rings. The molecule has 0 bridgehead atoms. The molecule has 3 aromatic carbocycles. The molecule has 5 nitrogen and oxygen atoms in total. The minimum Gasteiger partial charge on any atom is -0.507 e. The van der Waals surface area contributed by atoms with Gasteiger partial charge in [0.2, 0.25) is 0 Å². The predicted molar refractivity (Wildman–Crippen MR) is 102 cm³/mol. The minimum atomic E-state index is 0.271. The lowest BCUT2D eigenvalue weighted by atomic mass is 10.0. The summed E-state index contributed by atoms with van der Waals surface area (Å²) in [5.74, 6) is 0.271. The summed E-state index contributed by atoms with van der Waals surface area (Å²) in [6, 6.07) is 19.8. The van der Waals surface area contributed by atoms with Crippen LogP contribution in [0, 0.1) is 0 Å². The highest BCUT2D eigenvalue weighted by molar-refractivity contribution is 6.09.